The van der Waals surface area contributed by atoms with Crippen LogP contribution in [-0.2, 0) is 28.5 Å². The van der Waals surface area contributed by atoms with Gasteiger partial charge in [0.2, 0.25) is 0 Å². The predicted octanol–water partition coefficient (Wildman–Crippen LogP) is 9.72. The van der Waals surface area contributed by atoms with Gasteiger partial charge in [0.15, 0.2) is 12.4 Å². The second-order valence-corrected chi connectivity index (χ2v) is 15.8. The zero-order valence-electron chi connectivity index (χ0n) is 35.6. The Hall–Kier alpha value is -1.82. The molecular weight excluding hydrogens is 712 g/mol. The number of hydrogen-bond acceptors (Lipinski definition) is 10. The molecule has 0 aromatic carbocycles. The Bertz CT molecular complexity index is 970. The molecule has 0 aromatic rings. The maximum Gasteiger partial charge on any atom is 0.306 e. The average Bonchev–Trinajstić information content (AvgIpc) is 3.19. The summed E-state index contributed by atoms with van der Waals surface area (Å²) >= 11 is 0. The number of allylic oxidation sites excluding steroid dienone is 4. The highest BCUT2D eigenvalue weighted by Gasteiger charge is 2.44. The van der Waals surface area contributed by atoms with Crippen molar-refractivity contribution < 1.29 is 49.0 Å². The van der Waals surface area contributed by atoms with Gasteiger partial charge in [0, 0.05) is 12.8 Å². The first-order valence-electron chi connectivity index (χ1n) is 22.9. The molecule has 56 heavy (non-hydrogen) atoms. The topological polar surface area (TPSA) is 152 Å². The third-order valence-corrected chi connectivity index (χ3v) is 10.6. The number of aliphatic hydroxyl groups excluding tert-OH is 4. The number of carbonyl (C=O) groups is 2. The molecule has 4 N–H and O–H groups in total. The summed E-state index contributed by atoms with van der Waals surface area (Å²) < 4.78 is 22.1. The Morgan fingerprint density at radius 1 is 0.536 bits per heavy atom. The van der Waals surface area contributed by atoms with E-state index in [1.807, 2.05) is 0 Å². The Morgan fingerprint density at radius 3 is 1.43 bits per heavy atom. The van der Waals surface area contributed by atoms with Gasteiger partial charge in [0.05, 0.1) is 13.2 Å². The maximum atomic E-state index is 12.8. The monoisotopic (exact) mass is 797 g/mol. The number of ether oxygens (including phenoxy) is 4. The first-order valence-corrected chi connectivity index (χ1v) is 22.9. The number of aliphatic hydroxyl groups is 4. The van der Waals surface area contributed by atoms with Gasteiger partial charge in [-0.15, -0.1) is 0 Å². The minimum atomic E-state index is -1.59. The lowest BCUT2D eigenvalue weighted by atomic mass is 9.99. The summed E-state index contributed by atoms with van der Waals surface area (Å²) in [7, 11) is 0. The summed E-state index contributed by atoms with van der Waals surface area (Å²) in [4.78, 5) is 25.3. The highest BCUT2D eigenvalue weighted by Crippen LogP contribution is 2.23. The van der Waals surface area contributed by atoms with Crippen molar-refractivity contribution in [3.8, 4) is 0 Å². The fourth-order valence-electron chi connectivity index (χ4n) is 6.88. The van der Waals surface area contributed by atoms with Gasteiger partial charge in [-0.3, -0.25) is 9.59 Å². The van der Waals surface area contributed by atoms with Crippen LogP contribution in [-0.4, -0.2) is 89.0 Å². The highest BCUT2D eigenvalue weighted by molar-refractivity contribution is 5.70. The molecule has 1 heterocycles. The van der Waals surface area contributed by atoms with Gasteiger partial charge in [-0.2, -0.15) is 0 Å². The van der Waals surface area contributed by atoms with Gasteiger partial charge in [-0.1, -0.05) is 147 Å². The van der Waals surface area contributed by atoms with E-state index in [2.05, 4.69) is 38.2 Å². The normalized spacial score (nSPS) is 20.6. The summed E-state index contributed by atoms with van der Waals surface area (Å²) in [6.07, 6.45) is 33.3. The van der Waals surface area contributed by atoms with Crippen LogP contribution in [0.25, 0.3) is 0 Å². The molecule has 328 valence electrons. The van der Waals surface area contributed by atoms with Gasteiger partial charge >= 0.3 is 11.9 Å². The molecule has 1 aliphatic rings. The van der Waals surface area contributed by atoms with Gasteiger partial charge in [0.25, 0.3) is 0 Å². The van der Waals surface area contributed by atoms with Crippen LogP contribution >= 0.6 is 0 Å². The minimum Gasteiger partial charge on any atom is -0.462 e. The molecule has 0 amide bonds. The molecule has 1 saturated heterocycles. The van der Waals surface area contributed by atoms with Crippen molar-refractivity contribution in [1.29, 1.82) is 0 Å². The lowest BCUT2D eigenvalue weighted by Crippen LogP contribution is -2.59. The van der Waals surface area contributed by atoms with E-state index in [0.717, 1.165) is 57.8 Å². The summed E-state index contributed by atoms with van der Waals surface area (Å²) in [5, 5.41) is 40.1. The summed E-state index contributed by atoms with van der Waals surface area (Å²) in [6, 6.07) is 0. The van der Waals surface area contributed by atoms with Crippen LogP contribution in [0.15, 0.2) is 24.3 Å². The SMILES string of the molecule is CCCCC/C=C\CCCCCCCC(=O)OCC(COC1OC(CO)C(O)C(O)C1O)OC(=O)CCCCCCCCCCC/C=C\CCCCCCCC. The number of unbranched alkanes of at least 4 members (excludes halogenated alkanes) is 23. The standard InChI is InChI=1S/C46H84O10/c1-3-5-7-9-11-13-15-17-18-19-20-21-22-23-25-27-29-31-33-35-42(49)55-39(38-54-46-45(52)44(51)43(50)40(36-47)56-46)37-53-41(48)34-32-30-28-26-24-16-14-12-10-8-6-4-2/h12,14,17-18,39-40,43-47,50-52H,3-11,13,15-16,19-38H2,1-2H3/b14-12-,18-17-. The molecule has 0 radical (unpaired) electrons. The van der Waals surface area contributed by atoms with Crippen LogP contribution in [0.5, 0.6) is 0 Å². The van der Waals surface area contributed by atoms with Crippen molar-refractivity contribution in [2.75, 3.05) is 19.8 Å². The second-order valence-electron chi connectivity index (χ2n) is 15.8. The molecular formula is C46H84O10. The fourth-order valence-corrected chi connectivity index (χ4v) is 6.88. The number of rotatable bonds is 38. The van der Waals surface area contributed by atoms with Crippen molar-refractivity contribution in [1.82, 2.24) is 0 Å². The lowest BCUT2D eigenvalue weighted by molar-refractivity contribution is -0.305. The van der Waals surface area contributed by atoms with E-state index >= 15 is 0 Å². The molecule has 0 bridgehead atoms. The maximum absolute atomic E-state index is 12.8. The first kappa shape index (κ1) is 52.2. The minimum absolute atomic E-state index is 0.220. The smallest absolute Gasteiger partial charge is 0.306 e. The third kappa shape index (κ3) is 28.6. The van der Waals surface area contributed by atoms with Crippen LogP contribution in [0.2, 0.25) is 0 Å². The molecule has 1 fully saturated rings. The van der Waals surface area contributed by atoms with Gasteiger partial charge in [-0.05, 0) is 64.2 Å². The first-order chi connectivity index (χ1) is 27.3. The Labute approximate surface area is 341 Å². The third-order valence-electron chi connectivity index (χ3n) is 10.6. The van der Waals surface area contributed by atoms with Crippen molar-refractivity contribution in [2.24, 2.45) is 0 Å². The van der Waals surface area contributed by atoms with Crippen molar-refractivity contribution in [3.63, 3.8) is 0 Å². The van der Waals surface area contributed by atoms with Crippen LogP contribution in [0.3, 0.4) is 0 Å². The van der Waals surface area contributed by atoms with Gasteiger partial charge < -0.3 is 39.4 Å². The molecule has 6 atom stereocenters. The quantitative estimate of drug-likeness (QED) is 0.0270. The van der Waals surface area contributed by atoms with Crippen LogP contribution in [0, 0.1) is 0 Å². The number of esters is 2. The van der Waals surface area contributed by atoms with E-state index in [1.54, 1.807) is 0 Å². The fraction of sp³-hybridized carbons (Fsp3) is 0.870. The largest absolute Gasteiger partial charge is 0.462 e. The highest BCUT2D eigenvalue weighted by atomic mass is 16.7. The molecule has 6 unspecified atom stereocenters. The summed E-state index contributed by atoms with van der Waals surface area (Å²) in [5.74, 6) is -0.815. The van der Waals surface area contributed by atoms with Crippen molar-refractivity contribution in [3.05, 3.63) is 24.3 Å². The second kappa shape index (κ2) is 37.5. The van der Waals surface area contributed by atoms with E-state index in [0.29, 0.717) is 12.8 Å². The van der Waals surface area contributed by atoms with E-state index < -0.39 is 49.4 Å². The van der Waals surface area contributed by atoms with Crippen molar-refractivity contribution in [2.45, 2.75) is 237 Å². The summed E-state index contributed by atoms with van der Waals surface area (Å²) in [6.45, 7) is 3.39. The average molecular weight is 797 g/mol. The molecule has 0 spiro atoms. The molecule has 0 aliphatic carbocycles. The Morgan fingerprint density at radius 2 is 0.946 bits per heavy atom. The summed E-state index contributed by atoms with van der Waals surface area (Å²) in [5.41, 5.74) is 0. The Balaban J connectivity index is 2.30. The molecule has 1 aliphatic heterocycles. The van der Waals surface area contributed by atoms with E-state index in [1.165, 1.54) is 103 Å². The molecule has 1 rings (SSSR count). The van der Waals surface area contributed by atoms with Gasteiger partial charge in [-0.25, -0.2) is 0 Å². The molecule has 10 heteroatoms. The van der Waals surface area contributed by atoms with Crippen LogP contribution < -0.4 is 0 Å². The number of hydrogen-bond donors (Lipinski definition) is 4. The van der Waals surface area contributed by atoms with Gasteiger partial charge in [0.1, 0.15) is 31.0 Å². The zero-order chi connectivity index (χ0) is 40.9. The molecule has 0 aromatic heterocycles. The zero-order valence-corrected chi connectivity index (χ0v) is 35.6. The van der Waals surface area contributed by atoms with E-state index in [9.17, 15) is 30.0 Å². The lowest BCUT2D eigenvalue weighted by Gasteiger charge is -2.39. The molecule has 10 nitrogen and oxygen atoms in total. The van der Waals surface area contributed by atoms with E-state index in [4.69, 9.17) is 18.9 Å². The van der Waals surface area contributed by atoms with E-state index in [-0.39, 0.29) is 32.0 Å². The van der Waals surface area contributed by atoms with Crippen LogP contribution in [0.1, 0.15) is 200 Å². The molecule has 0 saturated carbocycles. The van der Waals surface area contributed by atoms with Crippen LogP contribution in [0.4, 0.5) is 0 Å². The Kier molecular flexibility index (Phi) is 34.9. The number of carbonyl (C=O) groups excluding carboxylic acids is 2. The van der Waals surface area contributed by atoms with Crippen molar-refractivity contribution >= 4 is 11.9 Å². The predicted molar refractivity (Wildman–Crippen MR) is 224 cm³/mol.